The van der Waals surface area contributed by atoms with Gasteiger partial charge in [-0.25, -0.2) is 0 Å². The number of carbonyl (C=O) groups is 1. The van der Waals surface area contributed by atoms with Crippen LogP contribution in [0.3, 0.4) is 0 Å². The van der Waals surface area contributed by atoms with Crippen LogP contribution in [0.2, 0.25) is 0 Å². The molecule has 1 saturated heterocycles. The molecule has 0 bridgehead atoms. The largest absolute Gasteiger partial charge is 0.382 e. The van der Waals surface area contributed by atoms with Crippen LogP contribution in [0.4, 0.5) is 5.69 Å². The standard InChI is InChI=1S/C18H24N6O/c25-18(14-3-4-14)23-7-5-12(6-8-23)10-19-16-9-15(13-1-2-13)22-24-11-20-21-17(16)24/h9,11-14,19H,1-8,10H2. The first-order valence-corrected chi connectivity index (χ1v) is 9.51. The van der Waals surface area contributed by atoms with Crippen LogP contribution in [-0.2, 0) is 4.79 Å². The molecule has 3 aliphatic rings. The minimum absolute atomic E-state index is 0.341. The molecular formula is C18H24N6O. The number of likely N-dealkylation sites (tertiary alicyclic amines) is 1. The summed E-state index contributed by atoms with van der Waals surface area (Å²) in [5.74, 6) is 1.93. The summed E-state index contributed by atoms with van der Waals surface area (Å²) in [7, 11) is 0. The number of piperidine rings is 1. The van der Waals surface area contributed by atoms with Crippen molar-refractivity contribution in [3.63, 3.8) is 0 Å². The molecule has 2 aromatic rings. The molecule has 1 N–H and O–H groups in total. The molecule has 0 unspecified atom stereocenters. The molecule has 7 heteroatoms. The second kappa shape index (κ2) is 5.97. The molecule has 0 atom stereocenters. The van der Waals surface area contributed by atoms with E-state index >= 15 is 0 Å². The molecule has 1 aliphatic heterocycles. The van der Waals surface area contributed by atoms with Crippen molar-refractivity contribution in [2.45, 2.75) is 44.4 Å². The summed E-state index contributed by atoms with van der Waals surface area (Å²) in [5, 5.41) is 16.4. The zero-order valence-electron chi connectivity index (χ0n) is 14.4. The molecule has 132 valence electrons. The lowest BCUT2D eigenvalue weighted by atomic mass is 9.96. The van der Waals surface area contributed by atoms with E-state index in [4.69, 9.17) is 0 Å². The third-order valence-electron chi connectivity index (χ3n) is 5.72. The smallest absolute Gasteiger partial charge is 0.225 e. The van der Waals surface area contributed by atoms with Gasteiger partial charge in [-0.05, 0) is 50.5 Å². The Labute approximate surface area is 146 Å². The zero-order valence-corrected chi connectivity index (χ0v) is 14.4. The Morgan fingerprint density at radius 3 is 2.68 bits per heavy atom. The first-order valence-electron chi connectivity index (χ1n) is 9.51. The third kappa shape index (κ3) is 3.07. The van der Waals surface area contributed by atoms with E-state index in [9.17, 15) is 4.79 Å². The fraction of sp³-hybridized carbons (Fsp3) is 0.667. The topological polar surface area (TPSA) is 75.4 Å². The molecule has 25 heavy (non-hydrogen) atoms. The number of amides is 1. The number of hydrogen-bond acceptors (Lipinski definition) is 5. The number of hydrogen-bond donors (Lipinski definition) is 1. The van der Waals surface area contributed by atoms with Crippen LogP contribution in [-0.4, -0.2) is 50.3 Å². The van der Waals surface area contributed by atoms with Gasteiger partial charge < -0.3 is 10.2 Å². The second-order valence-electron chi connectivity index (χ2n) is 7.78. The molecule has 2 aromatic heterocycles. The maximum absolute atomic E-state index is 12.2. The number of aromatic nitrogens is 4. The molecule has 3 fully saturated rings. The summed E-state index contributed by atoms with van der Waals surface area (Å²) in [5.41, 5.74) is 2.97. The van der Waals surface area contributed by atoms with Crippen molar-refractivity contribution in [3.8, 4) is 0 Å². The van der Waals surface area contributed by atoms with Gasteiger partial charge in [0.05, 0.1) is 11.4 Å². The molecule has 7 nitrogen and oxygen atoms in total. The summed E-state index contributed by atoms with van der Waals surface area (Å²) in [6.07, 6.45) is 8.49. The molecule has 5 rings (SSSR count). The second-order valence-corrected chi connectivity index (χ2v) is 7.78. The molecule has 2 saturated carbocycles. The Morgan fingerprint density at radius 2 is 1.96 bits per heavy atom. The van der Waals surface area contributed by atoms with Gasteiger partial charge in [0, 0.05) is 31.5 Å². The Hall–Kier alpha value is -2.18. The van der Waals surface area contributed by atoms with Gasteiger partial charge in [0.15, 0.2) is 0 Å². The van der Waals surface area contributed by atoms with Crippen LogP contribution in [0.15, 0.2) is 12.4 Å². The maximum atomic E-state index is 12.2. The predicted octanol–water partition coefficient (Wildman–Crippen LogP) is 2.06. The molecule has 0 radical (unpaired) electrons. The maximum Gasteiger partial charge on any atom is 0.225 e. The Kier molecular flexibility index (Phi) is 3.60. The highest BCUT2D eigenvalue weighted by molar-refractivity contribution is 5.81. The van der Waals surface area contributed by atoms with E-state index in [1.807, 2.05) is 0 Å². The first-order chi connectivity index (χ1) is 12.3. The minimum atomic E-state index is 0.341. The van der Waals surface area contributed by atoms with Crippen molar-refractivity contribution in [3.05, 3.63) is 18.1 Å². The Morgan fingerprint density at radius 1 is 1.16 bits per heavy atom. The number of rotatable bonds is 5. The van der Waals surface area contributed by atoms with E-state index in [-0.39, 0.29) is 0 Å². The fourth-order valence-corrected chi connectivity index (χ4v) is 3.76. The van der Waals surface area contributed by atoms with E-state index in [0.29, 0.717) is 23.7 Å². The highest BCUT2D eigenvalue weighted by Gasteiger charge is 2.35. The fourth-order valence-electron chi connectivity index (χ4n) is 3.76. The number of carbonyl (C=O) groups excluding carboxylic acids is 1. The van der Waals surface area contributed by atoms with E-state index in [1.165, 1.54) is 12.8 Å². The van der Waals surface area contributed by atoms with Gasteiger partial charge in [0.25, 0.3) is 0 Å². The highest BCUT2D eigenvalue weighted by Crippen LogP contribution is 2.40. The molecule has 1 amide bonds. The average molecular weight is 340 g/mol. The Balaban J connectivity index is 1.22. The average Bonchev–Trinajstić information content (AvgIpc) is 3.56. The van der Waals surface area contributed by atoms with Crippen molar-refractivity contribution in [1.29, 1.82) is 0 Å². The van der Waals surface area contributed by atoms with Gasteiger partial charge in [-0.1, -0.05) is 0 Å². The van der Waals surface area contributed by atoms with Crippen molar-refractivity contribution < 1.29 is 4.79 Å². The lowest BCUT2D eigenvalue weighted by Crippen LogP contribution is -2.40. The van der Waals surface area contributed by atoms with E-state index in [2.05, 4.69) is 31.6 Å². The van der Waals surface area contributed by atoms with Gasteiger partial charge in [0.2, 0.25) is 11.6 Å². The zero-order chi connectivity index (χ0) is 16.8. The van der Waals surface area contributed by atoms with E-state index in [0.717, 1.165) is 62.3 Å². The van der Waals surface area contributed by atoms with Crippen LogP contribution in [0.25, 0.3) is 5.65 Å². The molecule has 0 aromatic carbocycles. The van der Waals surface area contributed by atoms with E-state index in [1.54, 1.807) is 10.8 Å². The van der Waals surface area contributed by atoms with Gasteiger partial charge in [-0.3, -0.25) is 4.79 Å². The number of nitrogens with zero attached hydrogens (tertiary/aromatic N) is 5. The lowest BCUT2D eigenvalue weighted by Gasteiger charge is -2.32. The number of anilines is 1. The van der Waals surface area contributed by atoms with Crippen LogP contribution in [0.1, 0.15) is 50.1 Å². The predicted molar refractivity (Wildman–Crippen MR) is 93.3 cm³/mol. The van der Waals surface area contributed by atoms with Crippen molar-refractivity contribution >= 4 is 17.2 Å². The van der Waals surface area contributed by atoms with Gasteiger partial charge in [-0.15, -0.1) is 10.2 Å². The minimum Gasteiger partial charge on any atom is -0.382 e. The quantitative estimate of drug-likeness (QED) is 0.902. The molecule has 2 aliphatic carbocycles. The summed E-state index contributed by atoms with van der Waals surface area (Å²) < 4.78 is 1.78. The summed E-state index contributed by atoms with van der Waals surface area (Å²) in [6, 6.07) is 2.15. The third-order valence-corrected chi connectivity index (χ3v) is 5.72. The van der Waals surface area contributed by atoms with Gasteiger partial charge in [-0.2, -0.15) is 9.61 Å². The number of nitrogens with one attached hydrogen (secondary N) is 1. The molecular weight excluding hydrogens is 316 g/mol. The highest BCUT2D eigenvalue weighted by atomic mass is 16.2. The van der Waals surface area contributed by atoms with Crippen LogP contribution >= 0.6 is 0 Å². The summed E-state index contributed by atoms with van der Waals surface area (Å²) >= 11 is 0. The van der Waals surface area contributed by atoms with Gasteiger partial charge >= 0.3 is 0 Å². The van der Waals surface area contributed by atoms with Gasteiger partial charge in [0.1, 0.15) is 6.33 Å². The Bertz CT molecular complexity index is 786. The van der Waals surface area contributed by atoms with Crippen molar-refractivity contribution in [2.75, 3.05) is 25.0 Å². The molecule has 0 spiro atoms. The van der Waals surface area contributed by atoms with Crippen LogP contribution in [0, 0.1) is 11.8 Å². The summed E-state index contributed by atoms with van der Waals surface area (Å²) in [6.45, 7) is 2.74. The van der Waals surface area contributed by atoms with E-state index < -0.39 is 0 Å². The monoisotopic (exact) mass is 340 g/mol. The van der Waals surface area contributed by atoms with Crippen molar-refractivity contribution in [2.24, 2.45) is 11.8 Å². The lowest BCUT2D eigenvalue weighted by molar-refractivity contribution is -0.133. The van der Waals surface area contributed by atoms with Crippen molar-refractivity contribution in [1.82, 2.24) is 24.7 Å². The molecule has 3 heterocycles. The number of fused-ring (bicyclic) bond motifs is 1. The van der Waals surface area contributed by atoms with Crippen LogP contribution < -0.4 is 5.32 Å². The van der Waals surface area contributed by atoms with Crippen LogP contribution in [0.5, 0.6) is 0 Å². The summed E-state index contributed by atoms with van der Waals surface area (Å²) in [4.78, 5) is 14.2. The SMILES string of the molecule is O=C(C1CC1)N1CCC(CNc2cc(C3CC3)nn3cnnc23)CC1. The normalized spacial score (nSPS) is 21.7. The first kappa shape index (κ1) is 15.1.